The van der Waals surface area contributed by atoms with Crippen LogP contribution < -0.4 is 5.73 Å². The Hall–Kier alpha value is -1.40. The van der Waals surface area contributed by atoms with E-state index >= 15 is 0 Å². The lowest BCUT2D eigenvalue weighted by atomic mass is 10.1. The molecule has 2 rings (SSSR count). The summed E-state index contributed by atoms with van der Waals surface area (Å²) < 4.78 is 10.5. The fraction of sp³-hybridized carbons (Fsp3) is 0.667. The van der Waals surface area contributed by atoms with Crippen LogP contribution in [0.4, 0.5) is 0 Å². The highest BCUT2D eigenvalue weighted by molar-refractivity contribution is 5.92. The molecular formula is C12H19N3O3. The van der Waals surface area contributed by atoms with Crippen LogP contribution in [0.15, 0.2) is 10.7 Å². The van der Waals surface area contributed by atoms with E-state index in [0.717, 1.165) is 0 Å². The van der Waals surface area contributed by atoms with E-state index in [1.807, 2.05) is 13.8 Å². The summed E-state index contributed by atoms with van der Waals surface area (Å²) in [6.07, 6.45) is 1.38. The van der Waals surface area contributed by atoms with Crippen molar-refractivity contribution in [3.05, 3.63) is 17.8 Å². The Kier molecular flexibility index (Phi) is 3.98. The number of ether oxygens (including phenoxy) is 1. The minimum absolute atomic E-state index is 0.121. The number of hydrogen-bond donors (Lipinski definition) is 1. The summed E-state index contributed by atoms with van der Waals surface area (Å²) in [5, 5.41) is 0. The smallest absolute Gasteiger partial charge is 0.275 e. The van der Waals surface area contributed by atoms with Crippen molar-refractivity contribution >= 4 is 5.91 Å². The summed E-state index contributed by atoms with van der Waals surface area (Å²) in [5.41, 5.74) is 6.25. The Balaban J connectivity index is 2.07. The third kappa shape index (κ3) is 2.70. The Morgan fingerprint density at radius 2 is 2.11 bits per heavy atom. The molecule has 0 spiro atoms. The molecule has 0 aliphatic carbocycles. The summed E-state index contributed by atoms with van der Waals surface area (Å²) in [6, 6.07) is -0.281. The number of carbonyl (C=O) groups excluding carboxylic acids is 1. The van der Waals surface area contributed by atoms with Gasteiger partial charge in [-0.25, -0.2) is 4.98 Å². The van der Waals surface area contributed by atoms with Gasteiger partial charge in [-0.3, -0.25) is 4.79 Å². The zero-order valence-corrected chi connectivity index (χ0v) is 10.8. The first-order chi connectivity index (χ1) is 8.59. The number of rotatable bonds is 3. The number of morpholine rings is 1. The third-order valence-corrected chi connectivity index (χ3v) is 3.04. The van der Waals surface area contributed by atoms with Crippen LogP contribution in [-0.4, -0.2) is 42.1 Å². The quantitative estimate of drug-likeness (QED) is 0.861. The number of nitrogens with zero attached hydrogens (tertiary/aromatic N) is 2. The van der Waals surface area contributed by atoms with Gasteiger partial charge >= 0.3 is 0 Å². The van der Waals surface area contributed by atoms with E-state index < -0.39 is 0 Å². The maximum Gasteiger partial charge on any atom is 0.275 e. The average Bonchev–Trinajstić information content (AvgIpc) is 2.87. The maximum atomic E-state index is 12.1. The predicted molar refractivity (Wildman–Crippen MR) is 65.0 cm³/mol. The first kappa shape index (κ1) is 13.0. The highest BCUT2D eigenvalue weighted by Gasteiger charge is 2.24. The van der Waals surface area contributed by atoms with E-state index in [4.69, 9.17) is 14.9 Å². The van der Waals surface area contributed by atoms with Crippen LogP contribution in [-0.2, 0) is 4.74 Å². The molecule has 1 aromatic heterocycles. The second-order valence-electron chi connectivity index (χ2n) is 4.75. The molecule has 1 fully saturated rings. The molecule has 18 heavy (non-hydrogen) atoms. The summed E-state index contributed by atoms with van der Waals surface area (Å²) in [7, 11) is 0. The van der Waals surface area contributed by atoms with Crippen molar-refractivity contribution in [2.24, 2.45) is 11.7 Å². The van der Waals surface area contributed by atoms with Crippen LogP contribution in [0, 0.1) is 5.92 Å². The summed E-state index contributed by atoms with van der Waals surface area (Å²) in [5.74, 6) is 0.515. The van der Waals surface area contributed by atoms with Gasteiger partial charge in [0.05, 0.1) is 19.3 Å². The largest absolute Gasteiger partial charge is 0.446 e. The Bertz CT molecular complexity index is 410. The van der Waals surface area contributed by atoms with Crippen LogP contribution in [0.3, 0.4) is 0 Å². The molecule has 1 aliphatic heterocycles. The summed E-state index contributed by atoms with van der Waals surface area (Å²) >= 11 is 0. The molecule has 2 heterocycles. The molecule has 6 heteroatoms. The van der Waals surface area contributed by atoms with E-state index in [2.05, 4.69) is 4.98 Å². The van der Waals surface area contributed by atoms with Crippen molar-refractivity contribution in [1.29, 1.82) is 0 Å². The molecule has 1 amide bonds. The van der Waals surface area contributed by atoms with Gasteiger partial charge in [-0.1, -0.05) is 13.8 Å². The van der Waals surface area contributed by atoms with Crippen molar-refractivity contribution in [1.82, 2.24) is 9.88 Å². The van der Waals surface area contributed by atoms with E-state index in [0.29, 0.717) is 37.9 Å². The van der Waals surface area contributed by atoms with Crippen LogP contribution in [0.25, 0.3) is 0 Å². The van der Waals surface area contributed by atoms with Gasteiger partial charge in [-0.05, 0) is 5.92 Å². The predicted octanol–water partition coefficient (Wildman–Crippen LogP) is 0.803. The highest BCUT2D eigenvalue weighted by atomic mass is 16.5. The zero-order valence-electron chi connectivity index (χ0n) is 10.8. The molecular weight excluding hydrogens is 234 g/mol. The molecule has 0 aromatic carbocycles. The molecule has 1 aliphatic rings. The van der Waals surface area contributed by atoms with E-state index in [1.165, 1.54) is 6.26 Å². The molecule has 100 valence electrons. The number of carbonyl (C=O) groups is 1. The van der Waals surface area contributed by atoms with Crippen molar-refractivity contribution in [2.75, 3.05) is 26.3 Å². The summed E-state index contributed by atoms with van der Waals surface area (Å²) in [6.45, 7) is 6.30. The van der Waals surface area contributed by atoms with Gasteiger partial charge < -0.3 is 19.8 Å². The second kappa shape index (κ2) is 5.49. The van der Waals surface area contributed by atoms with Gasteiger partial charge in [0.25, 0.3) is 5.91 Å². The molecule has 1 saturated heterocycles. The lowest BCUT2D eigenvalue weighted by molar-refractivity contribution is 0.0299. The number of aromatic nitrogens is 1. The number of hydrogen-bond acceptors (Lipinski definition) is 5. The highest BCUT2D eigenvalue weighted by Crippen LogP contribution is 2.18. The first-order valence-corrected chi connectivity index (χ1v) is 6.17. The van der Waals surface area contributed by atoms with E-state index in [-0.39, 0.29) is 17.9 Å². The number of oxazole rings is 1. The molecule has 0 radical (unpaired) electrons. The van der Waals surface area contributed by atoms with Crippen molar-refractivity contribution in [3.63, 3.8) is 0 Å². The van der Waals surface area contributed by atoms with Gasteiger partial charge in [0.2, 0.25) is 5.89 Å². The van der Waals surface area contributed by atoms with E-state index in [1.54, 1.807) is 4.90 Å². The van der Waals surface area contributed by atoms with Crippen LogP contribution in [0.1, 0.15) is 36.3 Å². The molecule has 0 bridgehead atoms. The molecule has 1 aromatic rings. The SMILES string of the molecule is CC(C)C(N)c1nc(C(=O)N2CCOCC2)co1. The standard InChI is InChI=1S/C12H19N3O3/c1-8(2)10(13)11-14-9(7-18-11)12(16)15-3-5-17-6-4-15/h7-8,10H,3-6,13H2,1-2H3. The molecule has 0 saturated carbocycles. The van der Waals surface area contributed by atoms with Gasteiger partial charge in [0, 0.05) is 13.1 Å². The Morgan fingerprint density at radius 1 is 1.44 bits per heavy atom. The van der Waals surface area contributed by atoms with Crippen molar-refractivity contribution in [3.8, 4) is 0 Å². The third-order valence-electron chi connectivity index (χ3n) is 3.04. The van der Waals surface area contributed by atoms with Crippen LogP contribution >= 0.6 is 0 Å². The van der Waals surface area contributed by atoms with Gasteiger partial charge in [-0.15, -0.1) is 0 Å². The lowest BCUT2D eigenvalue weighted by Gasteiger charge is -2.25. The molecule has 1 atom stereocenters. The Morgan fingerprint density at radius 3 is 2.72 bits per heavy atom. The second-order valence-corrected chi connectivity index (χ2v) is 4.75. The minimum atomic E-state index is -0.281. The van der Waals surface area contributed by atoms with Crippen molar-refractivity contribution in [2.45, 2.75) is 19.9 Å². The molecule has 2 N–H and O–H groups in total. The topological polar surface area (TPSA) is 81.6 Å². The first-order valence-electron chi connectivity index (χ1n) is 6.17. The fourth-order valence-electron chi connectivity index (χ4n) is 1.75. The van der Waals surface area contributed by atoms with Crippen LogP contribution in [0.2, 0.25) is 0 Å². The monoisotopic (exact) mass is 253 g/mol. The zero-order chi connectivity index (χ0) is 13.1. The normalized spacial score (nSPS) is 18.1. The van der Waals surface area contributed by atoms with E-state index in [9.17, 15) is 4.79 Å². The fourth-order valence-corrected chi connectivity index (χ4v) is 1.75. The van der Waals surface area contributed by atoms with Gasteiger partial charge in [0.1, 0.15) is 6.26 Å². The Labute approximate surface area is 106 Å². The minimum Gasteiger partial charge on any atom is -0.446 e. The maximum absolute atomic E-state index is 12.1. The average molecular weight is 253 g/mol. The lowest BCUT2D eigenvalue weighted by Crippen LogP contribution is -2.40. The number of nitrogens with two attached hydrogens (primary N) is 1. The van der Waals surface area contributed by atoms with Crippen molar-refractivity contribution < 1.29 is 13.9 Å². The summed E-state index contributed by atoms with van der Waals surface area (Å²) in [4.78, 5) is 18.0. The molecule has 1 unspecified atom stereocenters. The molecule has 6 nitrogen and oxygen atoms in total. The van der Waals surface area contributed by atoms with Crippen LogP contribution in [0.5, 0.6) is 0 Å². The number of amides is 1. The van der Waals surface area contributed by atoms with Gasteiger partial charge in [-0.2, -0.15) is 0 Å². The van der Waals surface area contributed by atoms with Gasteiger partial charge in [0.15, 0.2) is 5.69 Å².